The van der Waals surface area contributed by atoms with Crippen LogP contribution in [0.25, 0.3) is 0 Å². The lowest BCUT2D eigenvalue weighted by atomic mass is 9.88. The molecule has 0 rings (SSSR count). The summed E-state index contributed by atoms with van der Waals surface area (Å²) in [6.07, 6.45) is 4.91. The summed E-state index contributed by atoms with van der Waals surface area (Å²) >= 11 is 0. The lowest BCUT2D eigenvalue weighted by Crippen LogP contribution is -2.48. The summed E-state index contributed by atoms with van der Waals surface area (Å²) in [5.41, 5.74) is 0.263. The van der Waals surface area contributed by atoms with Crippen LogP contribution in [0.3, 0.4) is 0 Å². The van der Waals surface area contributed by atoms with Crippen LogP contribution in [0.2, 0.25) is 0 Å². The maximum atomic E-state index is 5.62. The molecular formula is C12H27NO. The Kier molecular flexibility index (Phi) is 7.20. The molecule has 0 saturated heterocycles. The topological polar surface area (TPSA) is 12.5 Å². The molecule has 0 radical (unpaired) electrons. The molecular weight excluding hydrogens is 174 g/mol. The van der Waals surface area contributed by atoms with Crippen LogP contribution in [0.1, 0.15) is 46.5 Å². The van der Waals surface area contributed by atoms with Gasteiger partial charge in [-0.25, -0.2) is 0 Å². The number of hydrogen-bond acceptors (Lipinski definition) is 2. The molecule has 0 N–H and O–H groups in total. The van der Waals surface area contributed by atoms with E-state index in [1.54, 1.807) is 0 Å². The van der Waals surface area contributed by atoms with Gasteiger partial charge in [-0.2, -0.15) is 0 Å². The van der Waals surface area contributed by atoms with Crippen LogP contribution in [0.15, 0.2) is 0 Å². The highest BCUT2D eigenvalue weighted by Gasteiger charge is 2.30. The third kappa shape index (κ3) is 3.97. The van der Waals surface area contributed by atoms with Crippen LogP contribution in [0.5, 0.6) is 0 Å². The van der Waals surface area contributed by atoms with Crippen molar-refractivity contribution in [2.24, 2.45) is 0 Å². The first kappa shape index (κ1) is 13.9. The van der Waals surface area contributed by atoms with Gasteiger partial charge in [0.2, 0.25) is 0 Å². The Morgan fingerprint density at radius 3 is 1.79 bits per heavy atom. The molecule has 0 bridgehead atoms. The average Bonchev–Trinajstić information content (AvgIpc) is 2.14. The molecule has 0 spiro atoms. The summed E-state index contributed by atoms with van der Waals surface area (Å²) in [7, 11) is 4.34. The van der Waals surface area contributed by atoms with Crippen molar-refractivity contribution in [3.63, 3.8) is 0 Å². The molecule has 2 heteroatoms. The Bertz CT molecular complexity index is 128. The van der Waals surface area contributed by atoms with E-state index in [1.807, 2.05) is 0 Å². The van der Waals surface area contributed by atoms with Gasteiger partial charge in [0.05, 0.1) is 6.61 Å². The molecule has 0 saturated carbocycles. The van der Waals surface area contributed by atoms with Crippen molar-refractivity contribution >= 4 is 0 Å². The Labute approximate surface area is 89.6 Å². The second kappa shape index (κ2) is 7.24. The minimum atomic E-state index is 0.263. The van der Waals surface area contributed by atoms with Crippen LogP contribution >= 0.6 is 0 Å². The lowest BCUT2D eigenvalue weighted by Gasteiger charge is -2.39. The molecule has 0 aliphatic rings. The quantitative estimate of drug-likeness (QED) is 0.598. The van der Waals surface area contributed by atoms with Crippen LogP contribution < -0.4 is 0 Å². The molecule has 0 aromatic heterocycles. The summed E-state index contributed by atoms with van der Waals surface area (Å²) in [5, 5.41) is 0. The molecule has 0 atom stereocenters. The number of nitrogens with zero attached hydrogens (tertiary/aromatic N) is 1. The van der Waals surface area contributed by atoms with Gasteiger partial charge in [0.1, 0.15) is 0 Å². The van der Waals surface area contributed by atoms with Crippen LogP contribution in [0.4, 0.5) is 0 Å². The second-order valence-corrected chi connectivity index (χ2v) is 4.26. The standard InChI is InChI=1S/C12H27NO/c1-6-9-12(10-7-2,13(4)5)11-14-8-3/h6-11H2,1-5H3. The van der Waals surface area contributed by atoms with E-state index in [0.29, 0.717) is 0 Å². The summed E-state index contributed by atoms with van der Waals surface area (Å²) in [5.74, 6) is 0. The second-order valence-electron chi connectivity index (χ2n) is 4.26. The van der Waals surface area contributed by atoms with E-state index < -0.39 is 0 Å². The van der Waals surface area contributed by atoms with Gasteiger partial charge in [0.25, 0.3) is 0 Å². The normalized spacial score (nSPS) is 12.4. The van der Waals surface area contributed by atoms with Crippen LogP contribution in [-0.4, -0.2) is 37.7 Å². The van der Waals surface area contributed by atoms with Crippen molar-refractivity contribution in [2.45, 2.75) is 52.0 Å². The minimum absolute atomic E-state index is 0.263. The van der Waals surface area contributed by atoms with E-state index in [2.05, 4.69) is 39.8 Å². The summed E-state index contributed by atoms with van der Waals surface area (Å²) in [4.78, 5) is 2.34. The van der Waals surface area contributed by atoms with E-state index in [-0.39, 0.29) is 5.54 Å². The summed E-state index contributed by atoms with van der Waals surface area (Å²) < 4.78 is 5.62. The molecule has 0 aliphatic heterocycles. The van der Waals surface area contributed by atoms with Crippen molar-refractivity contribution < 1.29 is 4.74 Å². The zero-order valence-corrected chi connectivity index (χ0v) is 10.6. The highest BCUT2D eigenvalue weighted by molar-refractivity contribution is 4.87. The molecule has 0 heterocycles. The van der Waals surface area contributed by atoms with Crippen molar-refractivity contribution in [3.05, 3.63) is 0 Å². The van der Waals surface area contributed by atoms with E-state index >= 15 is 0 Å². The predicted molar refractivity (Wildman–Crippen MR) is 62.7 cm³/mol. The van der Waals surface area contributed by atoms with Gasteiger partial charge >= 0.3 is 0 Å². The van der Waals surface area contributed by atoms with Gasteiger partial charge in [-0.1, -0.05) is 26.7 Å². The van der Waals surface area contributed by atoms with Crippen LogP contribution in [-0.2, 0) is 4.74 Å². The molecule has 0 aromatic rings. The highest BCUT2D eigenvalue weighted by atomic mass is 16.5. The van der Waals surface area contributed by atoms with Gasteiger partial charge in [0.15, 0.2) is 0 Å². The fourth-order valence-corrected chi connectivity index (χ4v) is 2.07. The highest BCUT2D eigenvalue weighted by Crippen LogP contribution is 2.25. The molecule has 2 nitrogen and oxygen atoms in total. The molecule has 0 aliphatic carbocycles. The first-order valence-corrected chi connectivity index (χ1v) is 5.88. The monoisotopic (exact) mass is 201 g/mol. The summed E-state index contributed by atoms with van der Waals surface area (Å²) in [6.45, 7) is 8.26. The molecule has 86 valence electrons. The van der Waals surface area contributed by atoms with E-state index in [4.69, 9.17) is 4.74 Å². The van der Waals surface area contributed by atoms with Crippen molar-refractivity contribution in [1.82, 2.24) is 4.90 Å². The Morgan fingerprint density at radius 2 is 1.50 bits per heavy atom. The minimum Gasteiger partial charge on any atom is -0.380 e. The fourth-order valence-electron chi connectivity index (χ4n) is 2.07. The Hall–Kier alpha value is -0.0800. The van der Waals surface area contributed by atoms with Crippen molar-refractivity contribution in [1.29, 1.82) is 0 Å². The SMILES string of the molecule is CCCC(CCC)(COCC)N(C)C. The zero-order valence-electron chi connectivity index (χ0n) is 10.6. The van der Waals surface area contributed by atoms with Gasteiger partial charge < -0.3 is 9.64 Å². The Balaban J connectivity index is 4.38. The first-order valence-electron chi connectivity index (χ1n) is 5.88. The van der Waals surface area contributed by atoms with Gasteiger partial charge in [-0.15, -0.1) is 0 Å². The van der Waals surface area contributed by atoms with E-state index in [9.17, 15) is 0 Å². The maximum absolute atomic E-state index is 5.62. The van der Waals surface area contributed by atoms with Gasteiger partial charge in [-0.05, 0) is 33.9 Å². The number of ether oxygens (including phenoxy) is 1. The van der Waals surface area contributed by atoms with E-state index in [0.717, 1.165) is 13.2 Å². The number of rotatable bonds is 8. The van der Waals surface area contributed by atoms with Gasteiger partial charge in [-0.3, -0.25) is 0 Å². The molecule has 0 aromatic carbocycles. The lowest BCUT2D eigenvalue weighted by molar-refractivity contribution is 0.00839. The van der Waals surface area contributed by atoms with Gasteiger partial charge in [0, 0.05) is 12.1 Å². The molecule has 14 heavy (non-hydrogen) atoms. The average molecular weight is 201 g/mol. The maximum Gasteiger partial charge on any atom is 0.0650 e. The molecule has 0 unspecified atom stereocenters. The van der Waals surface area contributed by atoms with Crippen molar-refractivity contribution in [3.8, 4) is 0 Å². The zero-order chi connectivity index (χ0) is 11.0. The fraction of sp³-hybridized carbons (Fsp3) is 1.00. The predicted octanol–water partition coefficient (Wildman–Crippen LogP) is 2.92. The summed E-state index contributed by atoms with van der Waals surface area (Å²) in [6, 6.07) is 0. The largest absolute Gasteiger partial charge is 0.380 e. The number of likely N-dealkylation sites (N-methyl/N-ethyl adjacent to an activating group) is 1. The first-order chi connectivity index (χ1) is 6.63. The third-order valence-corrected chi connectivity index (χ3v) is 2.95. The van der Waals surface area contributed by atoms with E-state index in [1.165, 1.54) is 25.7 Å². The molecule has 0 amide bonds. The smallest absolute Gasteiger partial charge is 0.0650 e. The number of hydrogen-bond donors (Lipinski definition) is 0. The molecule has 0 fully saturated rings. The van der Waals surface area contributed by atoms with Crippen LogP contribution in [0, 0.1) is 0 Å². The third-order valence-electron chi connectivity index (χ3n) is 2.95. The van der Waals surface area contributed by atoms with Crippen molar-refractivity contribution in [2.75, 3.05) is 27.3 Å². The Morgan fingerprint density at radius 1 is 1.00 bits per heavy atom.